The number of hydrogen-bond acceptors (Lipinski definition) is 4. The predicted octanol–water partition coefficient (Wildman–Crippen LogP) is 4.06. The Morgan fingerprint density at radius 3 is 2.91 bits per heavy atom. The third-order valence-electron chi connectivity index (χ3n) is 4.32. The van der Waals surface area contributed by atoms with Crippen molar-refractivity contribution in [3.8, 4) is 11.3 Å². The molecule has 0 radical (unpaired) electrons. The van der Waals surface area contributed by atoms with E-state index in [0.29, 0.717) is 12.1 Å². The molecule has 0 spiro atoms. The Labute approximate surface area is 132 Å². The molecular weight excluding hydrogens is 274 g/mol. The third kappa shape index (κ3) is 4.10. The van der Waals surface area contributed by atoms with E-state index >= 15 is 0 Å². The molecular formula is C18H25N3O. The van der Waals surface area contributed by atoms with Gasteiger partial charge in [0.2, 0.25) is 0 Å². The van der Waals surface area contributed by atoms with Gasteiger partial charge in [0.25, 0.3) is 0 Å². The van der Waals surface area contributed by atoms with Crippen LogP contribution < -0.4 is 10.6 Å². The highest BCUT2D eigenvalue weighted by atomic mass is 16.3. The minimum atomic E-state index is 0.465. The lowest BCUT2D eigenvalue weighted by atomic mass is 10.0. The number of hydrogen-bond donors (Lipinski definition) is 2. The second-order valence-corrected chi connectivity index (χ2v) is 6.22. The van der Waals surface area contributed by atoms with E-state index in [-0.39, 0.29) is 0 Å². The average molecular weight is 299 g/mol. The van der Waals surface area contributed by atoms with Crippen molar-refractivity contribution >= 4 is 5.69 Å². The molecule has 1 aromatic heterocycles. The number of benzene rings is 1. The molecule has 22 heavy (non-hydrogen) atoms. The minimum Gasteiger partial charge on any atom is -0.444 e. The molecule has 2 heterocycles. The zero-order chi connectivity index (χ0) is 15.2. The van der Waals surface area contributed by atoms with Crippen molar-refractivity contribution < 1.29 is 4.42 Å². The summed E-state index contributed by atoms with van der Waals surface area (Å²) in [6.45, 7) is 3.43. The number of oxazole rings is 1. The van der Waals surface area contributed by atoms with Gasteiger partial charge in [0, 0.05) is 23.3 Å². The molecule has 0 amide bonds. The molecule has 1 fully saturated rings. The number of rotatable bonds is 5. The SMILES string of the molecule is CC(CC1CCCCCN1)Nc1ccc(-c2cnco2)cc1. The summed E-state index contributed by atoms with van der Waals surface area (Å²) in [5.74, 6) is 0.808. The summed E-state index contributed by atoms with van der Waals surface area (Å²) in [5, 5.41) is 7.26. The van der Waals surface area contributed by atoms with Crippen LogP contribution in [0.2, 0.25) is 0 Å². The first kappa shape index (κ1) is 15.1. The molecule has 1 aliphatic rings. The molecule has 118 valence electrons. The Kier molecular flexibility index (Phi) is 5.11. The normalized spacial score (nSPS) is 20.3. The Morgan fingerprint density at radius 1 is 1.27 bits per heavy atom. The molecule has 2 N–H and O–H groups in total. The van der Waals surface area contributed by atoms with E-state index in [4.69, 9.17) is 4.42 Å². The second kappa shape index (κ2) is 7.45. The van der Waals surface area contributed by atoms with Crippen molar-refractivity contribution in [2.45, 2.75) is 51.1 Å². The Balaban J connectivity index is 1.53. The number of nitrogens with one attached hydrogen (secondary N) is 2. The molecule has 2 aromatic rings. The largest absolute Gasteiger partial charge is 0.444 e. The van der Waals surface area contributed by atoms with Crippen molar-refractivity contribution in [3.05, 3.63) is 36.9 Å². The highest BCUT2D eigenvalue weighted by molar-refractivity contribution is 5.60. The summed E-state index contributed by atoms with van der Waals surface area (Å²) >= 11 is 0. The van der Waals surface area contributed by atoms with Crippen LogP contribution in [0.1, 0.15) is 39.0 Å². The highest BCUT2D eigenvalue weighted by Gasteiger charge is 2.14. The quantitative estimate of drug-likeness (QED) is 0.874. The van der Waals surface area contributed by atoms with Crippen molar-refractivity contribution in [2.24, 2.45) is 0 Å². The first-order chi connectivity index (χ1) is 10.8. The molecule has 3 rings (SSSR count). The topological polar surface area (TPSA) is 50.1 Å². The first-order valence-electron chi connectivity index (χ1n) is 8.30. The fourth-order valence-corrected chi connectivity index (χ4v) is 3.16. The number of nitrogens with zero attached hydrogens (tertiary/aromatic N) is 1. The zero-order valence-corrected chi connectivity index (χ0v) is 13.2. The van der Waals surface area contributed by atoms with Crippen molar-refractivity contribution in [1.29, 1.82) is 0 Å². The van der Waals surface area contributed by atoms with Gasteiger partial charge in [-0.2, -0.15) is 0 Å². The van der Waals surface area contributed by atoms with Gasteiger partial charge in [0.05, 0.1) is 6.20 Å². The zero-order valence-electron chi connectivity index (χ0n) is 13.2. The summed E-state index contributed by atoms with van der Waals surface area (Å²) in [6, 6.07) is 9.47. The van der Waals surface area contributed by atoms with Crippen LogP contribution in [-0.2, 0) is 0 Å². The average Bonchev–Trinajstić information content (AvgIpc) is 2.94. The smallest absolute Gasteiger partial charge is 0.181 e. The molecule has 0 bridgehead atoms. The van der Waals surface area contributed by atoms with Crippen LogP contribution in [0.5, 0.6) is 0 Å². The highest BCUT2D eigenvalue weighted by Crippen LogP contribution is 2.22. The maximum absolute atomic E-state index is 5.31. The minimum absolute atomic E-state index is 0.465. The lowest BCUT2D eigenvalue weighted by Gasteiger charge is -2.22. The summed E-state index contributed by atoms with van der Waals surface area (Å²) in [6.07, 6.45) is 9.72. The predicted molar refractivity (Wildman–Crippen MR) is 89.9 cm³/mol. The lowest BCUT2D eigenvalue weighted by Crippen LogP contribution is -2.33. The van der Waals surface area contributed by atoms with Crippen LogP contribution in [0.4, 0.5) is 5.69 Å². The van der Waals surface area contributed by atoms with E-state index < -0.39 is 0 Å². The standard InChI is InChI=1S/C18H25N3O/c1-14(11-17-5-3-2-4-10-20-17)21-16-8-6-15(7-9-16)18-12-19-13-22-18/h6-9,12-14,17,20-21H,2-5,10-11H2,1H3. The molecule has 1 aromatic carbocycles. The molecule has 0 saturated carbocycles. The van der Waals surface area contributed by atoms with E-state index in [1.807, 2.05) is 0 Å². The monoisotopic (exact) mass is 299 g/mol. The van der Waals surface area contributed by atoms with Crippen LogP contribution >= 0.6 is 0 Å². The fraction of sp³-hybridized carbons (Fsp3) is 0.500. The maximum atomic E-state index is 5.31. The first-order valence-corrected chi connectivity index (χ1v) is 8.30. The molecule has 4 nitrogen and oxygen atoms in total. The Morgan fingerprint density at radius 2 is 2.14 bits per heavy atom. The van der Waals surface area contributed by atoms with Crippen LogP contribution in [0, 0.1) is 0 Å². The molecule has 0 aliphatic carbocycles. The van der Waals surface area contributed by atoms with Gasteiger partial charge in [0.15, 0.2) is 12.2 Å². The molecule has 2 atom stereocenters. The van der Waals surface area contributed by atoms with Gasteiger partial charge in [-0.1, -0.05) is 12.8 Å². The van der Waals surface area contributed by atoms with Gasteiger partial charge < -0.3 is 15.1 Å². The molecule has 1 aliphatic heterocycles. The van der Waals surface area contributed by atoms with Crippen molar-refractivity contribution in [3.63, 3.8) is 0 Å². The Bertz CT molecular complexity index is 542. The van der Waals surface area contributed by atoms with Crippen LogP contribution in [0.3, 0.4) is 0 Å². The van der Waals surface area contributed by atoms with E-state index in [1.54, 1.807) is 6.20 Å². The summed E-state index contributed by atoms with van der Waals surface area (Å²) < 4.78 is 5.31. The van der Waals surface area contributed by atoms with E-state index in [9.17, 15) is 0 Å². The van der Waals surface area contributed by atoms with Gasteiger partial charge in [-0.3, -0.25) is 0 Å². The van der Waals surface area contributed by atoms with E-state index in [1.165, 1.54) is 45.0 Å². The van der Waals surface area contributed by atoms with Gasteiger partial charge >= 0.3 is 0 Å². The summed E-state index contributed by atoms with van der Waals surface area (Å²) in [4.78, 5) is 3.95. The third-order valence-corrected chi connectivity index (χ3v) is 4.32. The van der Waals surface area contributed by atoms with E-state index in [2.05, 4.69) is 46.8 Å². The summed E-state index contributed by atoms with van der Waals surface area (Å²) in [7, 11) is 0. The fourth-order valence-electron chi connectivity index (χ4n) is 3.16. The summed E-state index contributed by atoms with van der Waals surface area (Å²) in [5.41, 5.74) is 2.21. The lowest BCUT2D eigenvalue weighted by molar-refractivity contribution is 0.456. The van der Waals surface area contributed by atoms with Crippen LogP contribution in [-0.4, -0.2) is 23.6 Å². The van der Waals surface area contributed by atoms with Gasteiger partial charge in [-0.05, 0) is 57.0 Å². The number of aromatic nitrogens is 1. The molecule has 1 saturated heterocycles. The van der Waals surface area contributed by atoms with Crippen LogP contribution in [0.25, 0.3) is 11.3 Å². The maximum Gasteiger partial charge on any atom is 0.181 e. The van der Waals surface area contributed by atoms with Crippen molar-refractivity contribution in [2.75, 3.05) is 11.9 Å². The molecule has 4 heteroatoms. The molecule has 2 unspecified atom stereocenters. The van der Waals surface area contributed by atoms with Gasteiger partial charge in [-0.25, -0.2) is 4.98 Å². The second-order valence-electron chi connectivity index (χ2n) is 6.22. The number of anilines is 1. The van der Waals surface area contributed by atoms with Crippen LogP contribution in [0.15, 0.2) is 41.3 Å². The Hall–Kier alpha value is -1.81. The van der Waals surface area contributed by atoms with Gasteiger partial charge in [0.1, 0.15) is 0 Å². The van der Waals surface area contributed by atoms with E-state index in [0.717, 1.165) is 17.0 Å². The van der Waals surface area contributed by atoms with Crippen molar-refractivity contribution in [1.82, 2.24) is 10.3 Å². The van der Waals surface area contributed by atoms with Gasteiger partial charge in [-0.15, -0.1) is 0 Å².